The molecule has 6 heteroatoms. The van der Waals surface area contributed by atoms with E-state index in [1.54, 1.807) is 50.2 Å². The van der Waals surface area contributed by atoms with E-state index in [2.05, 4.69) is 10.3 Å². The Morgan fingerprint density at radius 1 is 0.966 bits per heavy atom. The summed E-state index contributed by atoms with van der Waals surface area (Å²) in [4.78, 5) is 40.0. The number of anilines is 1. The molecule has 0 aliphatic heterocycles. The number of rotatable bonds is 7. The van der Waals surface area contributed by atoms with Gasteiger partial charge in [0.05, 0.1) is 11.3 Å². The van der Waals surface area contributed by atoms with E-state index >= 15 is 0 Å². The molecule has 148 valence electrons. The Morgan fingerprint density at radius 3 is 2.28 bits per heavy atom. The Morgan fingerprint density at radius 2 is 1.62 bits per heavy atom. The van der Waals surface area contributed by atoms with E-state index in [1.165, 1.54) is 6.92 Å². The van der Waals surface area contributed by atoms with Crippen molar-refractivity contribution in [1.82, 2.24) is 4.98 Å². The molecule has 1 aromatic heterocycles. The van der Waals surface area contributed by atoms with Crippen LogP contribution in [0.4, 0.5) is 5.69 Å². The van der Waals surface area contributed by atoms with Gasteiger partial charge in [0.2, 0.25) is 5.78 Å². The van der Waals surface area contributed by atoms with Crippen molar-refractivity contribution in [3.8, 4) is 5.75 Å². The molecule has 6 nitrogen and oxygen atoms in total. The lowest BCUT2D eigenvalue weighted by Gasteiger charge is -2.11. The van der Waals surface area contributed by atoms with Gasteiger partial charge in [0.1, 0.15) is 5.75 Å². The average molecular weight is 390 g/mol. The molecule has 0 saturated carbocycles. The van der Waals surface area contributed by atoms with Gasteiger partial charge < -0.3 is 15.0 Å². The number of ketones is 2. The van der Waals surface area contributed by atoms with Crippen LogP contribution < -0.4 is 10.1 Å². The third-order valence-electron chi connectivity index (χ3n) is 4.59. The Balaban J connectivity index is 1.75. The average Bonchev–Trinajstić information content (AvgIpc) is 3.01. The summed E-state index contributed by atoms with van der Waals surface area (Å²) in [5, 5.41) is 2.80. The van der Waals surface area contributed by atoms with Gasteiger partial charge >= 0.3 is 0 Å². The molecule has 3 aromatic rings. The minimum atomic E-state index is -0.329. The van der Waals surface area contributed by atoms with Gasteiger partial charge in [-0.3, -0.25) is 14.4 Å². The second-order valence-corrected chi connectivity index (χ2v) is 6.71. The maximum Gasteiger partial charge on any atom is 0.259 e. The molecule has 0 aliphatic carbocycles. The van der Waals surface area contributed by atoms with E-state index in [0.29, 0.717) is 39.5 Å². The summed E-state index contributed by atoms with van der Waals surface area (Å²) in [7, 11) is 0. The van der Waals surface area contributed by atoms with Crippen LogP contribution in [0.1, 0.15) is 49.4 Å². The SMILES string of the molecule is CC(=O)c1c(C)[nH]c(C(=O)COc2ccccc2C(=O)Nc2ccccc2)c1C. The zero-order valence-corrected chi connectivity index (χ0v) is 16.5. The molecule has 3 rings (SSSR count). The number of nitrogens with one attached hydrogen (secondary N) is 2. The summed E-state index contributed by atoms with van der Waals surface area (Å²) in [5.74, 6) is -0.414. The molecule has 0 fully saturated rings. The summed E-state index contributed by atoms with van der Waals surface area (Å²) >= 11 is 0. The highest BCUT2D eigenvalue weighted by atomic mass is 16.5. The number of hydrogen-bond acceptors (Lipinski definition) is 4. The first kappa shape index (κ1) is 20.1. The van der Waals surface area contributed by atoms with Crippen LogP contribution in [0.3, 0.4) is 0 Å². The number of Topliss-reactive ketones (excluding diaryl/α,β-unsaturated/α-hetero) is 2. The lowest BCUT2D eigenvalue weighted by Crippen LogP contribution is -2.17. The molecule has 2 aromatic carbocycles. The zero-order chi connectivity index (χ0) is 21.0. The van der Waals surface area contributed by atoms with Crippen molar-refractivity contribution < 1.29 is 19.1 Å². The number of carbonyl (C=O) groups excluding carboxylic acids is 3. The van der Waals surface area contributed by atoms with Crippen molar-refractivity contribution in [2.75, 3.05) is 11.9 Å². The predicted molar refractivity (Wildman–Crippen MR) is 111 cm³/mol. The number of para-hydroxylation sites is 2. The monoisotopic (exact) mass is 390 g/mol. The zero-order valence-electron chi connectivity index (χ0n) is 16.5. The van der Waals surface area contributed by atoms with Crippen LogP contribution in [-0.4, -0.2) is 29.1 Å². The number of H-pyrrole nitrogens is 1. The molecule has 2 N–H and O–H groups in total. The third kappa shape index (κ3) is 4.43. The minimum absolute atomic E-state index is 0.0980. The van der Waals surface area contributed by atoms with Gasteiger partial charge in [-0.15, -0.1) is 0 Å². The highest BCUT2D eigenvalue weighted by Crippen LogP contribution is 2.22. The van der Waals surface area contributed by atoms with Crippen LogP contribution in [0.15, 0.2) is 54.6 Å². The molecule has 0 saturated heterocycles. The van der Waals surface area contributed by atoms with E-state index in [9.17, 15) is 14.4 Å². The summed E-state index contributed by atoms with van der Waals surface area (Å²) < 4.78 is 5.66. The number of aromatic amines is 1. The molecular formula is C23H22N2O4. The molecule has 29 heavy (non-hydrogen) atoms. The van der Waals surface area contributed by atoms with E-state index in [0.717, 1.165) is 0 Å². The summed E-state index contributed by atoms with van der Waals surface area (Å²) in [6.45, 7) is 4.70. The molecule has 1 heterocycles. The first-order valence-corrected chi connectivity index (χ1v) is 9.20. The molecule has 1 amide bonds. The normalized spacial score (nSPS) is 10.4. The Hall–Kier alpha value is -3.67. The molecule has 0 bridgehead atoms. The van der Waals surface area contributed by atoms with Gasteiger partial charge in [-0.05, 0) is 50.6 Å². The quantitative estimate of drug-likeness (QED) is 0.587. The minimum Gasteiger partial charge on any atom is -0.485 e. The van der Waals surface area contributed by atoms with Crippen LogP contribution in [0.25, 0.3) is 0 Å². The Kier molecular flexibility index (Phi) is 5.93. The van der Waals surface area contributed by atoms with Gasteiger partial charge in [-0.25, -0.2) is 0 Å². The summed E-state index contributed by atoms with van der Waals surface area (Å²) in [6, 6.07) is 15.8. The van der Waals surface area contributed by atoms with Gasteiger partial charge in [-0.2, -0.15) is 0 Å². The molecule has 0 radical (unpaired) electrons. The Bertz CT molecular complexity index is 1070. The molecular weight excluding hydrogens is 368 g/mol. The van der Waals surface area contributed by atoms with Gasteiger partial charge in [-0.1, -0.05) is 30.3 Å². The largest absolute Gasteiger partial charge is 0.485 e. The van der Waals surface area contributed by atoms with Crippen molar-refractivity contribution in [1.29, 1.82) is 0 Å². The molecule has 0 unspecified atom stereocenters. The fraction of sp³-hybridized carbons (Fsp3) is 0.174. The number of aromatic nitrogens is 1. The van der Waals surface area contributed by atoms with E-state index < -0.39 is 0 Å². The van der Waals surface area contributed by atoms with E-state index in [-0.39, 0.29) is 24.1 Å². The van der Waals surface area contributed by atoms with Crippen molar-refractivity contribution in [3.63, 3.8) is 0 Å². The summed E-state index contributed by atoms with van der Waals surface area (Å²) in [5.41, 5.74) is 3.13. The molecule has 0 aliphatic rings. The maximum absolute atomic E-state index is 12.6. The topological polar surface area (TPSA) is 88.3 Å². The first-order chi connectivity index (χ1) is 13.9. The number of amides is 1. The second-order valence-electron chi connectivity index (χ2n) is 6.71. The lowest BCUT2D eigenvalue weighted by atomic mass is 10.1. The lowest BCUT2D eigenvalue weighted by molar-refractivity contribution is 0.0909. The van der Waals surface area contributed by atoms with Crippen LogP contribution in [-0.2, 0) is 0 Å². The van der Waals surface area contributed by atoms with Crippen LogP contribution in [0.2, 0.25) is 0 Å². The van der Waals surface area contributed by atoms with Crippen LogP contribution in [0.5, 0.6) is 5.75 Å². The van der Waals surface area contributed by atoms with Crippen molar-refractivity contribution in [3.05, 3.63) is 82.7 Å². The second kappa shape index (κ2) is 8.56. The molecule has 0 atom stereocenters. The van der Waals surface area contributed by atoms with Gasteiger partial charge in [0, 0.05) is 16.9 Å². The number of benzene rings is 2. The van der Waals surface area contributed by atoms with Gasteiger partial charge in [0.15, 0.2) is 12.4 Å². The number of hydrogen-bond donors (Lipinski definition) is 2. The van der Waals surface area contributed by atoms with Crippen LogP contribution in [0, 0.1) is 13.8 Å². The Labute approximate surface area is 168 Å². The predicted octanol–water partition coefficient (Wildman–Crippen LogP) is 4.35. The summed E-state index contributed by atoms with van der Waals surface area (Å²) in [6.07, 6.45) is 0. The van der Waals surface area contributed by atoms with Crippen molar-refractivity contribution >= 4 is 23.2 Å². The smallest absolute Gasteiger partial charge is 0.259 e. The standard InChI is InChI=1S/C23H22N2O4/c1-14-21(16(3)26)15(2)24-22(14)19(27)13-29-20-12-8-7-11-18(20)23(28)25-17-9-5-4-6-10-17/h4-12,24H,13H2,1-3H3,(H,25,28). The maximum atomic E-state index is 12.6. The first-order valence-electron chi connectivity index (χ1n) is 9.20. The van der Waals surface area contributed by atoms with E-state index in [4.69, 9.17) is 4.74 Å². The highest BCUT2D eigenvalue weighted by Gasteiger charge is 2.21. The number of aryl methyl sites for hydroxylation is 1. The van der Waals surface area contributed by atoms with Crippen LogP contribution >= 0.6 is 0 Å². The number of carbonyl (C=O) groups is 3. The van der Waals surface area contributed by atoms with Crippen molar-refractivity contribution in [2.24, 2.45) is 0 Å². The molecule has 0 spiro atoms. The van der Waals surface area contributed by atoms with Gasteiger partial charge in [0.25, 0.3) is 5.91 Å². The van der Waals surface area contributed by atoms with Crippen molar-refractivity contribution in [2.45, 2.75) is 20.8 Å². The highest BCUT2D eigenvalue weighted by molar-refractivity contribution is 6.06. The van der Waals surface area contributed by atoms with E-state index in [1.807, 2.05) is 18.2 Å². The fourth-order valence-electron chi connectivity index (χ4n) is 3.27. The number of ether oxygens (including phenoxy) is 1. The fourth-order valence-corrected chi connectivity index (χ4v) is 3.27. The third-order valence-corrected chi connectivity index (χ3v) is 4.59.